The molecule has 1 atom stereocenters. The Labute approximate surface area is 164 Å². The number of H-pyrrole nitrogens is 1. The molecule has 8 nitrogen and oxygen atoms in total. The van der Waals surface area contributed by atoms with Gasteiger partial charge in [-0.1, -0.05) is 24.3 Å². The van der Waals surface area contributed by atoms with Crippen LogP contribution in [0, 0.1) is 0 Å². The molecule has 0 bridgehead atoms. The maximum atomic E-state index is 13.0. The van der Waals surface area contributed by atoms with Gasteiger partial charge in [-0.25, -0.2) is 8.42 Å². The van der Waals surface area contributed by atoms with Crippen LogP contribution in [0.5, 0.6) is 0 Å². The van der Waals surface area contributed by atoms with Gasteiger partial charge in [0.25, 0.3) is 0 Å². The molecule has 2 heterocycles. The van der Waals surface area contributed by atoms with Crippen LogP contribution in [0.2, 0.25) is 0 Å². The van der Waals surface area contributed by atoms with E-state index in [9.17, 15) is 13.2 Å². The summed E-state index contributed by atoms with van der Waals surface area (Å²) in [4.78, 5) is 15.4. The number of aromatic amines is 1. The number of nitrogens with one attached hydrogen (secondary N) is 2. The van der Waals surface area contributed by atoms with Crippen molar-refractivity contribution in [3.8, 4) is 0 Å². The fourth-order valence-corrected chi connectivity index (χ4v) is 5.04. The first-order chi connectivity index (χ1) is 13.5. The summed E-state index contributed by atoms with van der Waals surface area (Å²) in [5.41, 5.74) is 2.47. The molecule has 4 aromatic rings. The molecular formula is C18H16N4O4S2. The normalized spacial score (nSPS) is 13.0. The molecule has 2 aromatic heterocycles. The Morgan fingerprint density at radius 2 is 2.04 bits per heavy atom. The Morgan fingerprint density at radius 3 is 2.86 bits per heavy atom. The molecule has 1 unspecified atom stereocenters. The number of methoxy groups -OCH3 is 1. The molecule has 0 spiro atoms. The van der Waals surface area contributed by atoms with Gasteiger partial charge in [-0.05, 0) is 23.8 Å². The molecule has 28 heavy (non-hydrogen) atoms. The van der Waals surface area contributed by atoms with Crippen LogP contribution in [0.25, 0.3) is 21.9 Å². The van der Waals surface area contributed by atoms with Gasteiger partial charge in [0.05, 0.1) is 18.8 Å². The highest BCUT2D eigenvalue weighted by atomic mass is 32.2. The minimum Gasteiger partial charge on any atom is -0.468 e. The third kappa shape index (κ3) is 3.37. The first-order valence-corrected chi connectivity index (χ1v) is 10.6. The maximum Gasteiger partial charge on any atom is 0.324 e. The quantitative estimate of drug-likeness (QED) is 0.466. The lowest BCUT2D eigenvalue weighted by molar-refractivity contribution is -0.142. The van der Waals surface area contributed by atoms with Gasteiger partial charge in [0, 0.05) is 23.5 Å². The number of hydrogen-bond donors (Lipinski definition) is 2. The molecular weight excluding hydrogens is 400 g/mol. The van der Waals surface area contributed by atoms with Crippen molar-refractivity contribution >= 4 is 49.7 Å². The van der Waals surface area contributed by atoms with Gasteiger partial charge in [-0.15, -0.1) is 0 Å². The number of hydrogen-bond acceptors (Lipinski definition) is 7. The SMILES string of the molecule is COC(=O)C(Cc1c[nH]c2ccccc12)NS(=O)(=O)c1cccc2nsnc12. The number of nitrogens with zero attached hydrogens (tertiary/aromatic N) is 2. The van der Waals surface area contributed by atoms with Crippen molar-refractivity contribution in [1.82, 2.24) is 18.5 Å². The molecule has 2 N–H and O–H groups in total. The van der Waals surface area contributed by atoms with Gasteiger partial charge in [0.1, 0.15) is 22.0 Å². The number of para-hydroxylation sites is 1. The van der Waals surface area contributed by atoms with E-state index in [0.29, 0.717) is 5.52 Å². The van der Waals surface area contributed by atoms with Crippen LogP contribution < -0.4 is 4.72 Å². The van der Waals surface area contributed by atoms with E-state index in [1.54, 1.807) is 18.3 Å². The van der Waals surface area contributed by atoms with Crippen molar-refractivity contribution < 1.29 is 17.9 Å². The lowest BCUT2D eigenvalue weighted by atomic mass is 10.1. The van der Waals surface area contributed by atoms with Crippen LogP contribution in [0.15, 0.2) is 53.6 Å². The topological polar surface area (TPSA) is 114 Å². The third-order valence-electron chi connectivity index (χ3n) is 4.42. The molecule has 4 rings (SSSR count). The molecule has 0 saturated carbocycles. The van der Waals surface area contributed by atoms with E-state index < -0.39 is 22.0 Å². The first kappa shape index (κ1) is 18.5. The van der Waals surface area contributed by atoms with Crippen molar-refractivity contribution in [3.05, 3.63) is 54.2 Å². The van der Waals surface area contributed by atoms with Crippen LogP contribution in [0.3, 0.4) is 0 Å². The predicted octanol–water partition coefficient (Wildman–Crippen LogP) is 2.24. The highest BCUT2D eigenvalue weighted by Gasteiger charge is 2.29. The summed E-state index contributed by atoms with van der Waals surface area (Å²) in [6, 6.07) is 11.2. The number of carbonyl (C=O) groups is 1. The largest absolute Gasteiger partial charge is 0.468 e. The van der Waals surface area contributed by atoms with Crippen LogP contribution in [0.1, 0.15) is 5.56 Å². The van der Waals surface area contributed by atoms with Gasteiger partial charge >= 0.3 is 5.97 Å². The standard InChI is InChI=1S/C18H16N4O4S2/c1-26-18(23)15(9-11-10-19-13-6-3-2-5-12(11)13)22-28(24,25)16-8-4-7-14-17(16)21-27-20-14/h2-8,10,15,19,22H,9H2,1H3. The number of esters is 1. The van der Waals surface area contributed by atoms with E-state index in [0.717, 1.165) is 28.2 Å². The number of aromatic nitrogens is 3. The summed E-state index contributed by atoms with van der Waals surface area (Å²) in [6.45, 7) is 0. The maximum absolute atomic E-state index is 13.0. The lowest BCUT2D eigenvalue weighted by Crippen LogP contribution is -2.43. The summed E-state index contributed by atoms with van der Waals surface area (Å²) >= 11 is 0.930. The van der Waals surface area contributed by atoms with Crippen molar-refractivity contribution in [1.29, 1.82) is 0 Å². The summed E-state index contributed by atoms with van der Waals surface area (Å²) < 4.78 is 41.4. The summed E-state index contributed by atoms with van der Waals surface area (Å²) in [5, 5.41) is 0.918. The molecule has 0 saturated heterocycles. The van der Waals surface area contributed by atoms with Crippen LogP contribution in [-0.2, 0) is 26.0 Å². The molecule has 0 aliphatic rings. The van der Waals surface area contributed by atoms with E-state index in [-0.39, 0.29) is 16.8 Å². The Balaban J connectivity index is 1.68. The number of sulfonamides is 1. The van der Waals surface area contributed by atoms with Crippen molar-refractivity contribution in [2.24, 2.45) is 0 Å². The smallest absolute Gasteiger partial charge is 0.324 e. The van der Waals surface area contributed by atoms with Crippen LogP contribution in [0.4, 0.5) is 0 Å². The van der Waals surface area contributed by atoms with Gasteiger partial charge in [-0.3, -0.25) is 4.79 Å². The Morgan fingerprint density at radius 1 is 1.21 bits per heavy atom. The molecule has 144 valence electrons. The highest BCUT2D eigenvalue weighted by molar-refractivity contribution is 7.89. The van der Waals surface area contributed by atoms with Gasteiger partial charge in [0.15, 0.2) is 0 Å². The second kappa shape index (κ2) is 7.30. The van der Waals surface area contributed by atoms with E-state index in [2.05, 4.69) is 18.5 Å². The Bertz CT molecular complexity index is 1260. The summed E-state index contributed by atoms with van der Waals surface area (Å²) in [5.74, 6) is -0.669. The van der Waals surface area contributed by atoms with Crippen molar-refractivity contribution in [2.75, 3.05) is 7.11 Å². The fourth-order valence-electron chi connectivity index (χ4n) is 3.08. The number of rotatable bonds is 6. The fraction of sp³-hybridized carbons (Fsp3) is 0.167. The van der Waals surface area contributed by atoms with Gasteiger partial charge < -0.3 is 9.72 Å². The van der Waals surface area contributed by atoms with Crippen LogP contribution in [-0.4, -0.2) is 41.3 Å². The van der Waals surface area contributed by atoms with E-state index >= 15 is 0 Å². The third-order valence-corrected chi connectivity index (χ3v) is 6.47. The van der Waals surface area contributed by atoms with Gasteiger partial charge in [0.2, 0.25) is 10.0 Å². The Hall–Kier alpha value is -2.82. The molecule has 0 amide bonds. The van der Waals surface area contributed by atoms with Gasteiger partial charge in [-0.2, -0.15) is 13.5 Å². The molecule has 0 aliphatic carbocycles. The lowest BCUT2D eigenvalue weighted by Gasteiger charge is -2.16. The summed E-state index contributed by atoms with van der Waals surface area (Å²) in [6.07, 6.45) is 1.90. The zero-order valence-electron chi connectivity index (χ0n) is 14.7. The molecule has 0 radical (unpaired) electrons. The van der Waals surface area contributed by atoms with Crippen molar-refractivity contribution in [3.63, 3.8) is 0 Å². The second-order valence-electron chi connectivity index (χ2n) is 6.15. The number of fused-ring (bicyclic) bond motifs is 2. The monoisotopic (exact) mass is 416 g/mol. The number of benzene rings is 2. The number of carbonyl (C=O) groups excluding carboxylic acids is 1. The minimum absolute atomic E-state index is 0.0217. The second-order valence-corrected chi connectivity index (χ2v) is 8.36. The molecule has 10 heteroatoms. The zero-order chi connectivity index (χ0) is 19.7. The molecule has 0 aliphatic heterocycles. The molecule has 2 aromatic carbocycles. The molecule has 0 fully saturated rings. The van der Waals surface area contributed by atoms with E-state index in [4.69, 9.17) is 4.74 Å². The van der Waals surface area contributed by atoms with E-state index in [1.807, 2.05) is 24.3 Å². The highest BCUT2D eigenvalue weighted by Crippen LogP contribution is 2.23. The first-order valence-electron chi connectivity index (χ1n) is 8.36. The average Bonchev–Trinajstić information content (AvgIpc) is 3.33. The minimum atomic E-state index is -4.02. The predicted molar refractivity (Wildman–Crippen MR) is 106 cm³/mol. The van der Waals surface area contributed by atoms with E-state index in [1.165, 1.54) is 13.2 Å². The van der Waals surface area contributed by atoms with Crippen LogP contribution >= 0.6 is 11.7 Å². The van der Waals surface area contributed by atoms with Crippen molar-refractivity contribution in [2.45, 2.75) is 17.4 Å². The zero-order valence-corrected chi connectivity index (χ0v) is 16.4. The average molecular weight is 416 g/mol. The number of ether oxygens (including phenoxy) is 1. The summed E-state index contributed by atoms with van der Waals surface area (Å²) in [7, 11) is -2.80. The Kier molecular flexibility index (Phi) is 4.84.